The van der Waals surface area contributed by atoms with Crippen LogP contribution in [0.3, 0.4) is 0 Å². The number of nitrogens with one attached hydrogen (secondary N) is 1. The van der Waals surface area contributed by atoms with E-state index in [0.29, 0.717) is 11.6 Å². The van der Waals surface area contributed by atoms with Crippen molar-refractivity contribution in [2.45, 2.75) is 19.9 Å². The van der Waals surface area contributed by atoms with Crippen LogP contribution < -0.4 is 5.32 Å². The summed E-state index contributed by atoms with van der Waals surface area (Å²) in [6.07, 6.45) is 0. The van der Waals surface area contributed by atoms with Crippen LogP contribution in [0.25, 0.3) is 0 Å². The molecule has 0 spiro atoms. The predicted molar refractivity (Wildman–Crippen MR) is 69.4 cm³/mol. The first-order chi connectivity index (χ1) is 8.45. The van der Waals surface area contributed by atoms with Crippen molar-refractivity contribution in [3.63, 3.8) is 0 Å². The highest BCUT2D eigenvalue weighted by molar-refractivity contribution is 6.31. The van der Waals surface area contributed by atoms with E-state index in [0.717, 1.165) is 0 Å². The van der Waals surface area contributed by atoms with Gasteiger partial charge in [-0.1, -0.05) is 25.4 Å². The van der Waals surface area contributed by atoms with Gasteiger partial charge in [-0.05, 0) is 24.1 Å². The summed E-state index contributed by atoms with van der Waals surface area (Å²) in [5.41, 5.74) is -0.0516. The summed E-state index contributed by atoms with van der Waals surface area (Å²) >= 11 is 5.75. The molecule has 0 saturated heterocycles. The quantitative estimate of drug-likeness (QED) is 0.896. The number of benzene rings is 1. The van der Waals surface area contributed by atoms with Crippen molar-refractivity contribution >= 4 is 17.5 Å². The Balaban J connectivity index is 2.83. The molecule has 0 aromatic heterocycles. The van der Waals surface area contributed by atoms with Crippen LogP contribution in [0.2, 0.25) is 5.02 Å². The molecule has 100 valence electrons. The molecule has 1 aromatic rings. The van der Waals surface area contributed by atoms with E-state index in [4.69, 9.17) is 16.3 Å². The molecule has 0 aliphatic heterocycles. The lowest BCUT2D eigenvalue weighted by atomic mass is 10.0. The number of amides is 1. The molecule has 0 saturated carbocycles. The van der Waals surface area contributed by atoms with Crippen molar-refractivity contribution in [1.29, 1.82) is 0 Å². The van der Waals surface area contributed by atoms with E-state index in [1.807, 2.05) is 13.8 Å². The fraction of sp³-hybridized carbons (Fsp3) is 0.462. The third-order valence-corrected chi connectivity index (χ3v) is 2.88. The molecule has 1 N–H and O–H groups in total. The van der Waals surface area contributed by atoms with Gasteiger partial charge in [-0.2, -0.15) is 0 Å². The fourth-order valence-corrected chi connectivity index (χ4v) is 1.67. The summed E-state index contributed by atoms with van der Waals surface area (Å²) < 4.78 is 18.5. The van der Waals surface area contributed by atoms with Crippen LogP contribution in [0.5, 0.6) is 0 Å². The van der Waals surface area contributed by atoms with E-state index in [1.165, 1.54) is 18.2 Å². The Morgan fingerprint density at radius 2 is 2.17 bits per heavy atom. The molecule has 0 bridgehead atoms. The monoisotopic (exact) mass is 273 g/mol. The van der Waals surface area contributed by atoms with Crippen LogP contribution in [0.1, 0.15) is 24.2 Å². The van der Waals surface area contributed by atoms with Gasteiger partial charge in [0, 0.05) is 12.1 Å². The summed E-state index contributed by atoms with van der Waals surface area (Å²) in [6.45, 7) is 4.29. The minimum atomic E-state index is -0.586. The average Bonchev–Trinajstić information content (AvgIpc) is 2.31. The van der Waals surface area contributed by atoms with Crippen molar-refractivity contribution in [3.05, 3.63) is 34.6 Å². The van der Waals surface area contributed by atoms with Gasteiger partial charge in [-0.3, -0.25) is 4.79 Å². The maximum Gasteiger partial charge on any atom is 0.254 e. The smallest absolute Gasteiger partial charge is 0.254 e. The van der Waals surface area contributed by atoms with Crippen LogP contribution in [0.4, 0.5) is 4.39 Å². The number of carbonyl (C=O) groups excluding carboxylic acids is 1. The number of halogens is 2. The van der Waals surface area contributed by atoms with E-state index in [1.54, 1.807) is 7.11 Å². The summed E-state index contributed by atoms with van der Waals surface area (Å²) in [4.78, 5) is 11.9. The van der Waals surface area contributed by atoms with Crippen molar-refractivity contribution < 1.29 is 13.9 Å². The summed E-state index contributed by atoms with van der Waals surface area (Å²) in [5.74, 6) is -0.876. The summed E-state index contributed by atoms with van der Waals surface area (Å²) in [7, 11) is 1.56. The highest BCUT2D eigenvalue weighted by atomic mass is 35.5. The lowest BCUT2D eigenvalue weighted by Gasteiger charge is -2.21. The molecule has 1 atom stereocenters. The zero-order chi connectivity index (χ0) is 13.7. The molecule has 0 fully saturated rings. The van der Waals surface area contributed by atoms with E-state index < -0.39 is 11.7 Å². The predicted octanol–water partition coefficient (Wildman–Crippen LogP) is 2.88. The Morgan fingerprint density at radius 3 is 2.72 bits per heavy atom. The van der Waals surface area contributed by atoms with Gasteiger partial charge < -0.3 is 10.1 Å². The van der Waals surface area contributed by atoms with Crippen LogP contribution in [0.15, 0.2) is 18.2 Å². The molecule has 1 unspecified atom stereocenters. The van der Waals surface area contributed by atoms with Gasteiger partial charge in [-0.25, -0.2) is 4.39 Å². The third-order valence-electron chi connectivity index (χ3n) is 2.64. The molecule has 1 rings (SSSR count). The number of rotatable bonds is 5. The summed E-state index contributed by atoms with van der Waals surface area (Å²) in [6, 6.07) is 3.73. The average molecular weight is 274 g/mol. The minimum absolute atomic E-state index is 0.0516. The lowest BCUT2D eigenvalue weighted by molar-refractivity contribution is 0.0862. The topological polar surface area (TPSA) is 38.3 Å². The first kappa shape index (κ1) is 14.9. The van der Waals surface area contributed by atoms with Crippen LogP contribution in [-0.2, 0) is 4.74 Å². The number of carbonyl (C=O) groups is 1. The molecular formula is C13H17ClFNO2. The molecule has 5 heteroatoms. The number of methoxy groups -OCH3 is 1. The first-order valence-electron chi connectivity index (χ1n) is 5.70. The summed E-state index contributed by atoms with van der Waals surface area (Å²) in [5, 5.41) is 3.07. The van der Waals surface area contributed by atoms with Crippen LogP contribution >= 0.6 is 11.6 Å². The molecule has 0 heterocycles. The highest BCUT2D eigenvalue weighted by Gasteiger charge is 2.19. The molecule has 3 nitrogen and oxygen atoms in total. The van der Waals surface area contributed by atoms with Gasteiger partial charge >= 0.3 is 0 Å². The second-order valence-electron chi connectivity index (χ2n) is 4.40. The second-order valence-corrected chi connectivity index (χ2v) is 4.84. The van der Waals surface area contributed by atoms with E-state index in [2.05, 4.69) is 5.32 Å². The van der Waals surface area contributed by atoms with Gasteiger partial charge in [0.05, 0.1) is 18.2 Å². The third kappa shape index (κ3) is 3.96. The molecule has 0 aliphatic carbocycles. The Kier molecular flexibility index (Phi) is 5.56. The second kappa shape index (κ2) is 6.71. The highest BCUT2D eigenvalue weighted by Crippen LogP contribution is 2.15. The van der Waals surface area contributed by atoms with Crippen LogP contribution in [0, 0.1) is 11.7 Å². The SMILES string of the molecule is COCC(NC(=O)c1cc(Cl)ccc1F)C(C)C. The van der Waals surface area contributed by atoms with Gasteiger partial charge in [0.2, 0.25) is 0 Å². The Labute approximate surface area is 111 Å². The molecule has 1 aromatic carbocycles. The van der Waals surface area contributed by atoms with E-state index in [-0.39, 0.29) is 17.5 Å². The van der Waals surface area contributed by atoms with E-state index >= 15 is 0 Å². The van der Waals surface area contributed by atoms with E-state index in [9.17, 15) is 9.18 Å². The zero-order valence-electron chi connectivity index (χ0n) is 10.7. The van der Waals surface area contributed by atoms with Crippen molar-refractivity contribution in [3.8, 4) is 0 Å². The van der Waals surface area contributed by atoms with Crippen molar-refractivity contribution in [2.75, 3.05) is 13.7 Å². The zero-order valence-corrected chi connectivity index (χ0v) is 11.4. The number of hydrogen-bond acceptors (Lipinski definition) is 2. The maximum atomic E-state index is 13.5. The maximum absolute atomic E-state index is 13.5. The Bertz CT molecular complexity index is 423. The standard InChI is InChI=1S/C13H17ClFNO2/c1-8(2)12(7-18-3)16-13(17)10-6-9(14)4-5-11(10)15/h4-6,8,12H,7H2,1-3H3,(H,16,17). The Morgan fingerprint density at radius 1 is 1.50 bits per heavy atom. The molecule has 0 aliphatic rings. The molecule has 18 heavy (non-hydrogen) atoms. The lowest BCUT2D eigenvalue weighted by Crippen LogP contribution is -2.41. The van der Waals surface area contributed by atoms with Crippen LogP contribution in [-0.4, -0.2) is 25.7 Å². The van der Waals surface area contributed by atoms with Crippen molar-refractivity contribution in [2.24, 2.45) is 5.92 Å². The molecule has 0 radical (unpaired) electrons. The van der Waals surface area contributed by atoms with Gasteiger partial charge in [0.1, 0.15) is 5.82 Å². The molecular weight excluding hydrogens is 257 g/mol. The number of ether oxygens (including phenoxy) is 1. The van der Waals surface area contributed by atoms with Crippen molar-refractivity contribution in [1.82, 2.24) is 5.32 Å². The molecule has 1 amide bonds. The largest absolute Gasteiger partial charge is 0.383 e. The van der Waals surface area contributed by atoms with Gasteiger partial charge in [-0.15, -0.1) is 0 Å². The van der Waals surface area contributed by atoms with Gasteiger partial charge in [0.15, 0.2) is 0 Å². The van der Waals surface area contributed by atoms with Gasteiger partial charge in [0.25, 0.3) is 5.91 Å². The fourth-order valence-electron chi connectivity index (χ4n) is 1.50. The normalized spacial score (nSPS) is 12.6. The first-order valence-corrected chi connectivity index (χ1v) is 6.08. The number of hydrogen-bond donors (Lipinski definition) is 1. The Hall–Kier alpha value is -1.13. The minimum Gasteiger partial charge on any atom is -0.383 e.